The molecule has 1 aliphatic rings. The Morgan fingerprint density at radius 3 is 2.25 bits per heavy atom. The highest BCUT2D eigenvalue weighted by Crippen LogP contribution is 2.16. The van der Waals surface area contributed by atoms with Crippen molar-refractivity contribution >= 4 is 23.5 Å². The van der Waals surface area contributed by atoms with Gasteiger partial charge in [-0.2, -0.15) is 0 Å². The number of carbonyl (C=O) groups excluding carboxylic acids is 2. The Hall–Kier alpha value is -2.57. The van der Waals surface area contributed by atoms with Crippen LogP contribution in [0.1, 0.15) is 12.8 Å². The molecule has 1 heterocycles. The fourth-order valence-corrected chi connectivity index (χ4v) is 2.71. The molecule has 7 nitrogen and oxygen atoms in total. The van der Waals surface area contributed by atoms with Crippen LogP contribution in [0.4, 0.5) is 5.69 Å². The Morgan fingerprint density at radius 1 is 1.04 bits per heavy atom. The molecule has 0 unspecified atom stereocenters. The van der Waals surface area contributed by atoms with E-state index >= 15 is 0 Å². The van der Waals surface area contributed by atoms with Crippen LogP contribution in [0, 0.1) is 0 Å². The number of likely N-dealkylation sites (N-methyl/N-ethyl adjacent to an activating group) is 1. The SMILES string of the molecule is CN(CC(=O)O)C(=O)CCC(=O)N1CCN(c2ccccc2)CC1. The van der Waals surface area contributed by atoms with Crippen molar-refractivity contribution in [2.24, 2.45) is 0 Å². The zero-order chi connectivity index (χ0) is 17.5. The Bertz CT molecular complexity index is 583. The molecule has 0 aliphatic carbocycles. The van der Waals surface area contributed by atoms with Gasteiger partial charge < -0.3 is 19.8 Å². The van der Waals surface area contributed by atoms with Crippen molar-refractivity contribution in [3.8, 4) is 0 Å². The Morgan fingerprint density at radius 2 is 1.67 bits per heavy atom. The van der Waals surface area contributed by atoms with Crippen molar-refractivity contribution in [1.29, 1.82) is 0 Å². The van der Waals surface area contributed by atoms with Gasteiger partial charge in [-0.1, -0.05) is 18.2 Å². The first-order valence-electron chi connectivity index (χ1n) is 8.01. The van der Waals surface area contributed by atoms with E-state index in [4.69, 9.17) is 5.11 Å². The van der Waals surface area contributed by atoms with E-state index in [9.17, 15) is 14.4 Å². The second-order valence-electron chi connectivity index (χ2n) is 5.85. The molecular formula is C17H23N3O4. The number of rotatable bonds is 6. The molecule has 0 aromatic heterocycles. The zero-order valence-electron chi connectivity index (χ0n) is 13.9. The highest BCUT2D eigenvalue weighted by Gasteiger charge is 2.22. The molecule has 0 atom stereocenters. The lowest BCUT2D eigenvalue weighted by Gasteiger charge is -2.36. The van der Waals surface area contributed by atoms with Gasteiger partial charge in [-0.05, 0) is 12.1 Å². The van der Waals surface area contributed by atoms with Crippen LogP contribution in [0.2, 0.25) is 0 Å². The van der Waals surface area contributed by atoms with Crippen molar-refractivity contribution in [1.82, 2.24) is 9.80 Å². The number of carboxylic acids is 1. The van der Waals surface area contributed by atoms with E-state index in [1.807, 2.05) is 18.2 Å². The Labute approximate surface area is 141 Å². The lowest BCUT2D eigenvalue weighted by molar-refractivity contribution is -0.144. The van der Waals surface area contributed by atoms with Gasteiger partial charge in [0.05, 0.1) is 0 Å². The molecule has 1 fully saturated rings. The minimum Gasteiger partial charge on any atom is -0.480 e. The second-order valence-corrected chi connectivity index (χ2v) is 5.85. The molecule has 1 N–H and O–H groups in total. The number of piperazine rings is 1. The summed E-state index contributed by atoms with van der Waals surface area (Å²) >= 11 is 0. The van der Waals surface area contributed by atoms with E-state index < -0.39 is 5.97 Å². The van der Waals surface area contributed by atoms with E-state index in [2.05, 4.69) is 17.0 Å². The molecule has 24 heavy (non-hydrogen) atoms. The maximum atomic E-state index is 12.2. The van der Waals surface area contributed by atoms with Gasteiger partial charge >= 0.3 is 5.97 Å². The lowest BCUT2D eigenvalue weighted by Crippen LogP contribution is -2.49. The third-order valence-corrected chi connectivity index (χ3v) is 4.10. The number of para-hydroxylation sites is 1. The quantitative estimate of drug-likeness (QED) is 0.827. The van der Waals surface area contributed by atoms with Crippen LogP contribution in [0.15, 0.2) is 30.3 Å². The molecule has 0 saturated carbocycles. The summed E-state index contributed by atoms with van der Waals surface area (Å²) in [6.07, 6.45) is 0.162. The third-order valence-electron chi connectivity index (χ3n) is 4.10. The normalized spacial score (nSPS) is 14.4. The molecule has 0 bridgehead atoms. The fraction of sp³-hybridized carbons (Fsp3) is 0.471. The molecule has 130 valence electrons. The number of aliphatic carboxylic acids is 1. The number of benzene rings is 1. The predicted molar refractivity (Wildman–Crippen MR) is 89.7 cm³/mol. The van der Waals surface area contributed by atoms with Gasteiger partial charge in [0.25, 0.3) is 0 Å². The summed E-state index contributed by atoms with van der Waals surface area (Å²) in [4.78, 5) is 39.7. The maximum absolute atomic E-state index is 12.2. The van der Waals surface area contributed by atoms with Crippen LogP contribution < -0.4 is 4.90 Å². The largest absolute Gasteiger partial charge is 0.480 e. The van der Waals surface area contributed by atoms with Gasteiger partial charge in [-0.25, -0.2) is 0 Å². The number of carboxylic acid groups (broad SMARTS) is 1. The number of anilines is 1. The van der Waals surface area contributed by atoms with Crippen LogP contribution in [0.5, 0.6) is 0 Å². The highest BCUT2D eigenvalue weighted by atomic mass is 16.4. The smallest absolute Gasteiger partial charge is 0.323 e. The van der Waals surface area contributed by atoms with Gasteiger partial charge in [0.1, 0.15) is 6.54 Å². The molecule has 1 aliphatic heterocycles. The summed E-state index contributed by atoms with van der Waals surface area (Å²) in [5, 5.41) is 8.66. The first-order valence-corrected chi connectivity index (χ1v) is 8.01. The fourth-order valence-electron chi connectivity index (χ4n) is 2.71. The number of amides is 2. The van der Waals surface area contributed by atoms with Gasteiger partial charge in [0.2, 0.25) is 11.8 Å². The molecule has 1 saturated heterocycles. The molecule has 2 rings (SSSR count). The molecule has 0 spiro atoms. The number of hydrogen-bond donors (Lipinski definition) is 1. The minimum absolute atomic E-state index is 0.0432. The van der Waals surface area contributed by atoms with Crippen molar-refractivity contribution < 1.29 is 19.5 Å². The standard InChI is InChI=1S/C17H23N3O4/c1-18(13-17(23)24)15(21)7-8-16(22)20-11-9-19(10-12-20)14-5-3-2-4-6-14/h2-6H,7-13H2,1H3,(H,23,24). The van der Waals surface area contributed by atoms with E-state index in [0.717, 1.165) is 23.7 Å². The summed E-state index contributed by atoms with van der Waals surface area (Å²) in [6.45, 7) is 2.45. The van der Waals surface area contributed by atoms with Gasteiger partial charge in [-0.15, -0.1) is 0 Å². The van der Waals surface area contributed by atoms with Crippen LogP contribution in [-0.2, 0) is 14.4 Å². The van der Waals surface area contributed by atoms with Gasteiger partial charge in [0.15, 0.2) is 0 Å². The first-order chi connectivity index (χ1) is 11.5. The first kappa shape index (κ1) is 17.8. The van der Waals surface area contributed by atoms with Gasteiger partial charge in [0, 0.05) is 51.8 Å². The molecule has 1 aromatic carbocycles. The van der Waals surface area contributed by atoms with Crippen LogP contribution in [0.3, 0.4) is 0 Å². The lowest BCUT2D eigenvalue weighted by atomic mass is 10.2. The molecule has 7 heteroatoms. The summed E-state index contributed by atoms with van der Waals surface area (Å²) in [5.74, 6) is -1.44. The summed E-state index contributed by atoms with van der Waals surface area (Å²) in [7, 11) is 1.43. The summed E-state index contributed by atoms with van der Waals surface area (Å²) in [5.41, 5.74) is 1.15. The zero-order valence-corrected chi connectivity index (χ0v) is 13.9. The van der Waals surface area contributed by atoms with E-state index in [1.165, 1.54) is 7.05 Å². The van der Waals surface area contributed by atoms with Crippen LogP contribution in [0.25, 0.3) is 0 Å². The molecule has 0 radical (unpaired) electrons. The monoisotopic (exact) mass is 333 g/mol. The average molecular weight is 333 g/mol. The topological polar surface area (TPSA) is 81.2 Å². The van der Waals surface area contributed by atoms with Crippen molar-refractivity contribution in [3.63, 3.8) is 0 Å². The van der Waals surface area contributed by atoms with Crippen LogP contribution in [-0.4, -0.2) is 72.5 Å². The number of carbonyl (C=O) groups is 3. The molecule has 2 amide bonds. The van der Waals surface area contributed by atoms with Crippen molar-refractivity contribution in [2.45, 2.75) is 12.8 Å². The van der Waals surface area contributed by atoms with Gasteiger partial charge in [-0.3, -0.25) is 14.4 Å². The Kier molecular flexibility index (Phi) is 6.17. The minimum atomic E-state index is -1.06. The van der Waals surface area contributed by atoms with Crippen molar-refractivity contribution in [3.05, 3.63) is 30.3 Å². The third kappa shape index (κ3) is 4.97. The average Bonchev–Trinajstić information content (AvgIpc) is 2.59. The highest BCUT2D eigenvalue weighted by molar-refractivity contribution is 5.85. The molecule has 1 aromatic rings. The Balaban J connectivity index is 1.75. The van der Waals surface area contributed by atoms with Crippen molar-refractivity contribution in [2.75, 3.05) is 44.7 Å². The summed E-state index contributed by atoms with van der Waals surface area (Å²) < 4.78 is 0. The number of nitrogens with zero attached hydrogens (tertiary/aromatic N) is 3. The van der Waals surface area contributed by atoms with E-state index in [0.29, 0.717) is 13.1 Å². The predicted octanol–water partition coefficient (Wildman–Crippen LogP) is 0.658. The van der Waals surface area contributed by atoms with Crippen LogP contribution >= 0.6 is 0 Å². The maximum Gasteiger partial charge on any atom is 0.323 e. The molecular weight excluding hydrogens is 310 g/mol. The van der Waals surface area contributed by atoms with E-state index in [-0.39, 0.29) is 31.2 Å². The van der Waals surface area contributed by atoms with E-state index in [1.54, 1.807) is 4.90 Å². The number of hydrogen-bond acceptors (Lipinski definition) is 4. The second kappa shape index (κ2) is 8.33. The summed E-state index contributed by atoms with van der Waals surface area (Å²) in [6, 6.07) is 10.1.